The van der Waals surface area contributed by atoms with Crippen molar-refractivity contribution < 1.29 is 9.59 Å². The number of hydrogen-bond donors (Lipinski definition) is 1. The van der Waals surface area contributed by atoms with E-state index in [1.54, 1.807) is 37.5 Å². The number of thioether (sulfide) groups is 1. The van der Waals surface area contributed by atoms with Gasteiger partial charge in [-0.15, -0.1) is 10.2 Å². The predicted molar refractivity (Wildman–Crippen MR) is 106 cm³/mol. The van der Waals surface area contributed by atoms with Crippen LogP contribution in [-0.2, 0) is 4.79 Å². The molecule has 2 aromatic carbocycles. The Morgan fingerprint density at radius 2 is 1.81 bits per heavy atom. The molecule has 7 heteroatoms. The molecule has 0 aliphatic heterocycles. The second-order valence-electron chi connectivity index (χ2n) is 6.12. The van der Waals surface area contributed by atoms with Crippen molar-refractivity contribution in [3.63, 3.8) is 0 Å². The molecule has 0 radical (unpaired) electrons. The van der Waals surface area contributed by atoms with Gasteiger partial charge in [-0.3, -0.25) is 14.2 Å². The molecule has 0 aliphatic carbocycles. The fraction of sp³-hybridized carbons (Fsp3) is 0.200. The summed E-state index contributed by atoms with van der Waals surface area (Å²) in [5.41, 5.74) is 3.07. The van der Waals surface area contributed by atoms with Gasteiger partial charge in [-0.1, -0.05) is 42.1 Å². The zero-order valence-corrected chi connectivity index (χ0v) is 16.2. The van der Waals surface area contributed by atoms with Gasteiger partial charge in [0.25, 0.3) is 0 Å². The van der Waals surface area contributed by atoms with E-state index < -0.39 is 5.25 Å². The first-order chi connectivity index (χ1) is 13.0. The van der Waals surface area contributed by atoms with Gasteiger partial charge in [0.1, 0.15) is 6.33 Å². The summed E-state index contributed by atoms with van der Waals surface area (Å²) in [7, 11) is 0. The van der Waals surface area contributed by atoms with E-state index in [1.165, 1.54) is 18.7 Å². The fourth-order valence-electron chi connectivity index (χ4n) is 2.65. The molecule has 0 bridgehead atoms. The van der Waals surface area contributed by atoms with Crippen molar-refractivity contribution >= 4 is 29.1 Å². The number of anilines is 1. The van der Waals surface area contributed by atoms with Crippen LogP contribution in [0.25, 0.3) is 5.69 Å². The summed E-state index contributed by atoms with van der Waals surface area (Å²) in [5, 5.41) is 11.2. The molecule has 1 heterocycles. The Morgan fingerprint density at radius 3 is 2.56 bits per heavy atom. The number of hydrogen-bond acceptors (Lipinski definition) is 5. The van der Waals surface area contributed by atoms with Gasteiger partial charge in [-0.2, -0.15) is 0 Å². The molecule has 0 aliphatic rings. The summed E-state index contributed by atoms with van der Waals surface area (Å²) in [6.45, 7) is 5.29. The third-order valence-corrected chi connectivity index (χ3v) is 5.16. The summed E-state index contributed by atoms with van der Waals surface area (Å²) in [6, 6.07) is 14.9. The van der Waals surface area contributed by atoms with Crippen LogP contribution < -0.4 is 5.32 Å². The Balaban J connectivity index is 1.76. The Morgan fingerprint density at radius 1 is 1.11 bits per heavy atom. The van der Waals surface area contributed by atoms with Gasteiger partial charge in [-0.25, -0.2) is 0 Å². The van der Waals surface area contributed by atoms with Gasteiger partial charge >= 0.3 is 0 Å². The maximum atomic E-state index is 12.6. The molecule has 1 N–H and O–H groups in total. The maximum absolute atomic E-state index is 12.6. The zero-order valence-electron chi connectivity index (χ0n) is 15.3. The Kier molecular flexibility index (Phi) is 5.71. The number of carbonyl (C=O) groups is 2. The fourth-order valence-corrected chi connectivity index (χ4v) is 3.48. The Hall–Kier alpha value is -2.93. The first kappa shape index (κ1) is 18.8. The minimum absolute atomic E-state index is 0.0921. The minimum atomic E-state index is -0.419. The van der Waals surface area contributed by atoms with Crippen LogP contribution in [0.5, 0.6) is 0 Å². The summed E-state index contributed by atoms with van der Waals surface area (Å²) >= 11 is 1.31. The quantitative estimate of drug-likeness (QED) is 0.518. The van der Waals surface area contributed by atoms with Crippen LogP contribution in [0.15, 0.2) is 60.0 Å². The Labute approximate surface area is 162 Å². The third kappa shape index (κ3) is 4.25. The first-order valence-corrected chi connectivity index (χ1v) is 9.39. The molecule has 0 saturated heterocycles. The van der Waals surface area contributed by atoms with E-state index in [-0.39, 0.29) is 11.7 Å². The van der Waals surface area contributed by atoms with Gasteiger partial charge in [0.15, 0.2) is 10.9 Å². The highest BCUT2D eigenvalue weighted by molar-refractivity contribution is 8.00. The molecule has 0 saturated carbocycles. The molecule has 6 nitrogen and oxygen atoms in total. The second-order valence-corrected chi connectivity index (χ2v) is 7.43. The molecular formula is C20H20N4O2S. The lowest BCUT2D eigenvalue weighted by Gasteiger charge is -2.14. The number of carbonyl (C=O) groups excluding carboxylic acids is 2. The number of para-hydroxylation sites is 2. The average Bonchev–Trinajstić information content (AvgIpc) is 3.10. The summed E-state index contributed by atoms with van der Waals surface area (Å²) < 4.78 is 1.87. The van der Waals surface area contributed by atoms with Crippen molar-refractivity contribution in [3.05, 3.63) is 66.0 Å². The van der Waals surface area contributed by atoms with E-state index in [0.717, 1.165) is 11.3 Å². The number of ketones is 1. The van der Waals surface area contributed by atoms with Crippen molar-refractivity contribution in [3.8, 4) is 5.69 Å². The third-order valence-electron chi connectivity index (χ3n) is 4.11. The van der Waals surface area contributed by atoms with Gasteiger partial charge in [0.05, 0.1) is 16.6 Å². The number of nitrogens with one attached hydrogen (secondary N) is 1. The molecule has 27 heavy (non-hydrogen) atoms. The lowest BCUT2D eigenvalue weighted by molar-refractivity contribution is -0.115. The number of aromatic nitrogens is 3. The van der Waals surface area contributed by atoms with Crippen LogP contribution in [-0.4, -0.2) is 31.7 Å². The SMILES string of the molecule is CC(=O)c1ccccc1NC(=O)C(C)Sc1nncn1-c1ccccc1C. The molecule has 3 aromatic rings. The molecular weight excluding hydrogens is 360 g/mol. The highest BCUT2D eigenvalue weighted by Crippen LogP contribution is 2.26. The zero-order chi connectivity index (χ0) is 19.4. The topological polar surface area (TPSA) is 76.9 Å². The lowest BCUT2D eigenvalue weighted by atomic mass is 10.1. The van der Waals surface area contributed by atoms with Crippen LogP contribution >= 0.6 is 11.8 Å². The highest BCUT2D eigenvalue weighted by Gasteiger charge is 2.20. The van der Waals surface area contributed by atoms with E-state index in [1.807, 2.05) is 35.8 Å². The van der Waals surface area contributed by atoms with Crippen LogP contribution in [0, 0.1) is 6.92 Å². The van der Waals surface area contributed by atoms with Crippen molar-refractivity contribution in [2.75, 3.05) is 5.32 Å². The summed E-state index contributed by atoms with van der Waals surface area (Å²) in [4.78, 5) is 24.4. The van der Waals surface area contributed by atoms with Crippen molar-refractivity contribution in [2.24, 2.45) is 0 Å². The molecule has 3 rings (SSSR count). The van der Waals surface area contributed by atoms with E-state index in [0.29, 0.717) is 16.4 Å². The number of nitrogens with zero attached hydrogens (tertiary/aromatic N) is 3. The molecule has 1 unspecified atom stereocenters. The number of Topliss-reactive ketones (excluding diaryl/α,β-unsaturated/α-hetero) is 1. The number of amides is 1. The molecule has 1 atom stereocenters. The number of benzene rings is 2. The second kappa shape index (κ2) is 8.18. The Bertz CT molecular complexity index is 983. The van der Waals surface area contributed by atoms with Crippen LogP contribution in [0.4, 0.5) is 5.69 Å². The highest BCUT2D eigenvalue weighted by atomic mass is 32.2. The largest absolute Gasteiger partial charge is 0.324 e. The van der Waals surface area contributed by atoms with Crippen molar-refractivity contribution in [1.29, 1.82) is 0 Å². The maximum Gasteiger partial charge on any atom is 0.237 e. The first-order valence-electron chi connectivity index (χ1n) is 8.51. The lowest BCUT2D eigenvalue weighted by Crippen LogP contribution is -2.24. The minimum Gasteiger partial charge on any atom is -0.324 e. The van der Waals surface area contributed by atoms with E-state index in [9.17, 15) is 9.59 Å². The van der Waals surface area contributed by atoms with Gasteiger partial charge in [-0.05, 0) is 44.5 Å². The van der Waals surface area contributed by atoms with E-state index in [2.05, 4.69) is 15.5 Å². The smallest absolute Gasteiger partial charge is 0.237 e. The molecule has 1 aromatic heterocycles. The van der Waals surface area contributed by atoms with Crippen LogP contribution in [0.2, 0.25) is 0 Å². The molecule has 1 amide bonds. The van der Waals surface area contributed by atoms with Gasteiger partial charge < -0.3 is 5.32 Å². The molecule has 0 fully saturated rings. The van der Waals surface area contributed by atoms with E-state index >= 15 is 0 Å². The van der Waals surface area contributed by atoms with Gasteiger partial charge in [0.2, 0.25) is 5.91 Å². The van der Waals surface area contributed by atoms with Gasteiger partial charge in [0, 0.05) is 5.56 Å². The molecule has 138 valence electrons. The van der Waals surface area contributed by atoms with Crippen molar-refractivity contribution in [1.82, 2.24) is 14.8 Å². The summed E-state index contributed by atoms with van der Waals surface area (Å²) in [5.74, 6) is -0.293. The van der Waals surface area contributed by atoms with Crippen molar-refractivity contribution in [2.45, 2.75) is 31.2 Å². The van der Waals surface area contributed by atoms with E-state index in [4.69, 9.17) is 0 Å². The number of aryl methyl sites for hydroxylation is 1. The van der Waals surface area contributed by atoms with Crippen LogP contribution in [0.3, 0.4) is 0 Å². The molecule has 0 spiro atoms. The standard InChI is InChI=1S/C20H20N4O2S/c1-13-8-4-7-11-18(13)24-12-21-23-20(24)27-15(3)19(26)22-17-10-6-5-9-16(17)14(2)25/h4-12,15H,1-3H3,(H,22,26). The average molecular weight is 380 g/mol. The van der Waals surface area contributed by atoms with Crippen LogP contribution in [0.1, 0.15) is 29.8 Å². The normalized spacial score (nSPS) is 11.8. The predicted octanol–water partition coefficient (Wildman–Crippen LogP) is 3.90. The summed E-state index contributed by atoms with van der Waals surface area (Å²) in [6.07, 6.45) is 1.64. The number of rotatable bonds is 6. The monoisotopic (exact) mass is 380 g/mol.